The third-order valence-electron chi connectivity index (χ3n) is 6.43. The van der Waals surface area contributed by atoms with E-state index in [0.717, 1.165) is 24.8 Å². The fourth-order valence-corrected chi connectivity index (χ4v) is 5.70. The third kappa shape index (κ3) is 5.55. The van der Waals surface area contributed by atoms with Crippen LogP contribution in [-0.4, -0.2) is 60.6 Å². The van der Waals surface area contributed by atoms with Gasteiger partial charge in [0, 0.05) is 29.6 Å². The molecule has 9 heteroatoms. The monoisotopic (exact) mass is 514 g/mol. The number of ether oxygens (including phenoxy) is 2. The van der Waals surface area contributed by atoms with Crippen LogP contribution in [0.15, 0.2) is 58.5 Å². The van der Waals surface area contributed by atoms with Gasteiger partial charge in [0.25, 0.3) is 5.91 Å². The van der Waals surface area contributed by atoms with E-state index in [1.54, 1.807) is 40.5 Å². The molecule has 0 N–H and O–H groups in total. The summed E-state index contributed by atoms with van der Waals surface area (Å²) in [4.78, 5) is 31.5. The third-order valence-corrected chi connectivity index (χ3v) is 7.68. The molecule has 2 amide bonds. The Morgan fingerprint density at radius 3 is 2.80 bits per heavy atom. The minimum atomic E-state index is -0.305. The van der Waals surface area contributed by atoms with Crippen molar-refractivity contribution in [2.45, 2.75) is 31.4 Å². The van der Waals surface area contributed by atoms with Gasteiger partial charge in [-0.15, -0.1) is 11.3 Å². The van der Waals surface area contributed by atoms with Crippen molar-refractivity contribution in [1.82, 2.24) is 9.80 Å². The fourth-order valence-electron chi connectivity index (χ4n) is 4.64. The minimum Gasteiger partial charge on any atom is -0.491 e. The van der Waals surface area contributed by atoms with Crippen LogP contribution in [0.5, 0.6) is 5.75 Å². The van der Waals surface area contributed by atoms with Crippen LogP contribution in [0, 0.1) is 0 Å². The van der Waals surface area contributed by atoms with Gasteiger partial charge in [0.2, 0.25) is 5.91 Å². The number of carbonyl (C=O) groups excluding carboxylic acids is 2. The van der Waals surface area contributed by atoms with E-state index in [0.29, 0.717) is 37.1 Å². The number of rotatable bonds is 8. The molecule has 5 rings (SSSR count). The van der Waals surface area contributed by atoms with Gasteiger partial charge in [0.15, 0.2) is 5.76 Å². The van der Waals surface area contributed by atoms with Gasteiger partial charge in [-0.2, -0.15) is 0 Å². The number of hydrogen-bond acceptors (Lipinski definition) is 6. The second kappa shape index (κ2) is 10.8. The summed E-state index contributed by atoms with van der Waals surface area (Å²) in [5.41, 5.74) is 1.10. The van der Waals surface area contributed by atoms with Crippen molar-refractivity contribution in [1.29, 1.82) is 0 Å². The van der Waals surface area contributed by atoms with Gasteiger partial charge in [-0.1, -0.05) is 11.6 Å². The van der Waals surface area contributed by atoms with E-state index in [4.69, 9.17) is 25.5 Å². The molecule has 7 nitrogen and oxygen atoms in total. The van der Waals surface area contributed by atoms with Crippen molar-refractivity contribution in [2.24, 2.45) is 0 Å². The largest absolute Gasteiger partial charge is 0.491 e. The molecule has 0 saturated carbocycles. The van der Waals surface area contributed by atoms with E-state index >= 15 is 0 Å². The number of fused-ring (bicyclic) bond motifs is 1. The van der Waals surface area contributed by atoms with Crippen molar-refractivity contribution in [2.75, 3.05) is 32.8 Å². The maximum Gasteiger partial charge on any atom is 0.290 e. The molecule has 3 aromatic rings. The van der Waals surface area contributed by atoms with Gasteiger partial charge < -0.3 is 23.7 Å². The van der Waals surface area contributed by atoms with E-state index in [9.17, 15) is 9.59 Å². The van der Waals surface area contributed by atoms with Crippen molar-refractivity contribution in [3.8, 4) is 5.75 Å². The molecule has 0 unspecified atom stereocenters. The normalized spacial score (nSPS) is 19.4. The zero-order chi connectivity index (χ0) is 24.2. The van der Waals surface area contributed by atoms with Crippen molar-refractivity contribution in [3.05, 3.63) is 75.3 Å². The lowest BCUT2D eigenvalue weighted by Crippen LogP contribution is -2.49. The second-order valence-corrected chi connectivity index (χ2v) is 10.2. The predicted octanol–water partition coefficient (Wildman–Crippen LogP) is 4.82. The Hall–Kier alpha value is -2.81. The molecule has 35 heavy (non-hydrogen) atoms. The molecular formula is C26H27ClN2O5S. The highest BCUT2D eigenvalue weighted by molar-refractivity contribution is 7.10. The first kappa shape index (κ1) is 23.9. The van der Waals surface area contributed by atoms with Crippen LogP contribution < -0.4 is 4.74 Å². The Kier molecular flexibility index (Phi) is 7.41. The number of hydrogen-bond donors (Lipinski definition) is 0. The maximum absolute atomic E-state index is 13.6. The Morgan fingerprint density at radius 1 is 1.20 bits per heavy atom. The van der Waals surface area contributed by atoms with Crippen LogP contribution in [0.25, 0.3) is 0 Å². The van der Waals surface area contributed by atoms with Crippen molar-refractivity contribution in [3.63, 3.8) is 0 Å². The van der Waals surface area contributed by atoms with E-state index in [-0.39, 0.29) is 36.3 Å². The Labute approximate surface area is 213 Å². The molecule has 1 aromatic carbocycles. The van der Waals surface area contributed by atoms with E-state index in [2.05, 4.69) is 11.4 Å². The maximum atomic E-state index is 13.6. The SMILES string of the molecule is O=C(c1ccco1)N(CC(=O)N1CCc2sccc2[C@H]1COc1ccc(Cl)cc1)C[C@@H]1CCCO1. The number of furan rings is 1. The molecule has 1 fully saturated rings. The Bertz CT molecular complexity index is 1140. The number of amides is 2. The summed E-state index contributed by atoms with van der Waals surface area (Å²) >= 11 is 7.69. The number of benzene rings is 1. The molecule has 0 radical (unpaired) electrons. The van der Waals surface area contributed by atoms with Gasteiger partial charge in [-0.05, 0) is 72.7 Å². The molecule has 4 heterocycles. The molecule has 2 aliphatic rings. The van der Waals surface area contributed by atoms with E-state index < -0.39 is 0 Å². The summed E-state index contributed by atoms with van der Waals surface area (Å²) in [6.07, 6.45) is 4.00. The molecular weight excluding hydrogens is 488 g/mol. The average Bonchev–Trinajstić information content (AvgIpc) is 3.65. The lowest BCUT2D eigenvalue weighted by atomic mass is 10.0. The zero-order valence-electron chi connectivity index (χ0n) is 19.2. The average molecular weight is 515 g/mol. The highest BCUT2D eigenvalue weighted by Crippen LogP contribution is 2.34. The summed E-state index contributed by atoms with van der Waals surface area (Å²) in [5.74, 6) is 0.486. The van der Waals surface area contributed by atoms with Crippen LogP contribution in [0.4, 0.5) is 0 Å². The minimum absolute atomic E-state index is 0.0453. The van der Waals surface area contributed by atoms with Crippen molar-refractivity contribution < 1.29 is 23.5 Å². The molecule has 0 spiro atoms. The van der Waals surface area contributed by atoms with Crippen molar-refractivity contribution >= 4 is 34.8 Å². The summed E-state index contributed by atoms with van der Waals surface area (Å²) in [6, 6.07) is 12.3. The molecule has 0 aliphatic carbocycles. The molecule has 2 aliphatic heterocycles. The fraction of sp³-hybridized carbons (Fsp3) is 0.385. The van der Waals surface area contributed by atoms with Gasteiger partial charge in [-0.25, -0.2) is 0 Å². The Balaban J connectivity index is 1.33. The van der Waals surface area contributed by atoms with Gasteiger partial charge >= 0.3 is 0 Å². The standard InChI is InChI=1S/C26H27ClN2O5S/c27-18-5-7-19(8-6-18)34-17-22-21-10-14-35-24(21)9-11-29(22)25(30)16-28(15-20-3-1-12-32-20)26(31)23-4-2-13-33-23/h2,4-8,10,13-14,20,22H,1,3,9,11-12,15-17H2/t20-,22+/m0/s1. The summed E-state index contributed by atoms with van der Waals surface area (Å²) < 4.78 is 17.2. The topological polar surface area (TPSA) is 72.2 Å². The summed E-state index contributed by atoms with van der Waals surface area (Å²) in [5, 5.41) is 2.69. The van der Waals surface area contributed by atoms with E-state index in [1.165, 1.54) is 11.1 Å². The summed E-state index contributed by atoms with van der Waals surface area (Å²) in [7, 11) is 0. The van der Waals surface area contributed by atoms with E-state index in [1.807, 2.05) is 17.0 Å². The second-order valence-electron chi connectivity index (χ2n) is 8.71. The Morgan fingerprint density at radius 2 is 2.06 bits per heavy atom. The van der Waals surface area contributed by atoms with Crippen LogP contribution in [0.3, 0.4) is 0 Å². The summed E-state index contributed by atoms with van der Waals surface area (Å²) in [6.45, 7) is 1.88. The van der Waals surface area contributed by atoms with Crippen LogP contribution in [0.2, 0.25) is 5.02 Å². The predicted molar refractivity (Wildman–Crippen MR) is 133 cm³/mol. The van der Waals surface area contributed by atoms with Gasteiger partial charge in [0.05, 0.1) is 18.4 Å². The van der Waals surface area contributed by atoms with Crippen LogP contribution in [-0.2, 0) is 16.0 Å². The first-order chi connectivity index (χ1) is 17.1. The smallest absolute Gasteiger partial charge is 0.290 e. The van der Waals surface area contributed by atoms with Gasteiger partial charge in [0.1, 0.15) is 18.9 Å². The number of carbonyl (C=O) groups is 2. The van der Waals surface area contributed by atoms with Gasteiger partial charge in [-0.3, -0.25) is 9.59 Å². The quantitative estimate of drug-likeness (QED) is 0.431. The first-order valence-corrected chi connectivity index (χ1v) is 13.0. The number of halogens is 1. The first-order valence-electron chi connectivity index (χ1n) is 11.8. The molecule has 0 bridgehead atoms. The zero-order valence-corrected chi connectivity index (χ0v) is 20.8. The lowest BCUT2D eigenvalue weighted by Gasteiger charge is -2.37. The van der Waals surface area contributed by atoms with Crippen LogP contribution >= 0.6 is 22.9 Å². The molecule has 2 atom stereocenters. The highest BCUT2D eigenvalue weighted by atomic mass is 35.5. The number of thiophene rings is 1. The lowest BCUT2D eigenvalue weighted by molar-refractivity contribution is -0.135. The highest BCUT2D eigenvalue weighted by Gasteiger charge is 2.35. The molecule has 184 valence electrons. The molecule has 2 aromatic heterocycles. The van der Waals surface area contributed by atoms with Crippen LogP contribution in [0.1, 0.15) is 39.9 Å². The molecule has 1 saturated heterocycles. The number of nitrogens with zero attached hydrogens (tertiary/aromatic N) is 2.